The zero-order valence-electron chi connectivity index (χ0n) is 11.9. The SMILES string of the molecule is CC(NC(=O)C1(C)CCCC1N)C1CCCCC1. The molecule has 0 aliphatic heterocycles. The highest BCUT2D eigenvalue weighted by atomic mass is 16.2. The monoisotopic (exact) mass is 252 g/mol. The zero-order chi connectivity index (χ0) is 13.2. The number of carbonyl (C=O) groups excluding carboxylic acids is 1. The fraction of sp³-hybridized carbons (Fsp3) is 0.933. The zero-order valence-corrected chi connectivity index (χ0v) is 11.9. The number of nitrogens with one attached hydrogen (secondary N) is 1. The lowest BCUT2D eigenvalue weighted by Gasteiger charge is -2.33. The second-order valence-electron chi connectivity index (χ2n) is 6.58. The molecule has 2 aliphatic rings. The Hall–Kier alpha value is -0.570. The van der Waals surface area contributed by atoms with Gasteiger partial charge in [0.05, 0.1) is 5.41 Å². The van der Waals surface area contributed by atoms with Gasteiger partial charge in [0, 0.05) is 12.1 Å². The molecule has 3 unspecified atom stereocenters. The van der Waals surface area contributed by atoms with E-state index in [0.29, 0.717) is 12.0 Å². The summed E-state index contributed by atoms with van der Waals surface area (Å²) < 4.78 is 0. The summed E-state index contributed by atoms with van der Waals surface area (Å²) in [6.07, 6.45) is 9.56. The van der Waals surface area contributed by atoms with Crippen LogP contribution < -0.4 is 11.1 Å². The number of nitrogens with two attached hydrogens (primary N) is 1. The van der Waals surface area contributed by atoms with Crippen molar-refractivity contribution in [2.24, 2.45) is 17.1 Å². The van der Waals surface area contributed by atoms with Gasteiger partial charge < -0.3 is 11.1 Å². The van der Waals surface area contributed by atoms with E-state index in [1.807, 2.05) is 6.92 Å². The number of carbonyl (C=O) groups is 1. The highest BCUT2D eigenvalue weighted by Gasteiger charge is 2.43. The van der Waals surface area contributed by atoms with Crippen molar-refractivity contribution in [2.75, 3.05) is 0 Å². The van der Waals surface area contributed by atoms with E-state index < -0.39 is 0 Å². The van der Waals surface area contributed by atoms with Gasteiger partial charge in [-0.2, -0.15) is 0 Å². The minimum atomic E-state index is -0.330. The first-order valence-corrected chi connectivity index (χ1v) is 7.60. The van der Waals surface area contributed by atoms with Crippen LogP contribution in [0.25, 0.3) is 0 Å². The third-order valence-electron chi connectivity index (χ3n) is 5.26. The quantitative estimate of drug-likeness (QED) is 0.811. The van der Waals surface area contributed by atoms with Crippen LogP contribution in [-0.2, 0) is 4.79 Å². The number of amides is 1. The Labute approximate surface area is 111 Å². The third kappa shape index (κ3) is 2.71. The van der Waals surface area contributed by atoms with E-state index in [2.05, 4.69) is 12.2 Å². The molecule has 18 heavy (non-hydrogen) atoms. The lowest BCUT2D eigenvalue weighted by molar-refractivity contribution is -0.131. The van der Waals surface area contributed by atoms with Crippen molar-refractivity contribution in [3.8, 4) is 0 Å². The van der Waals surface area contributed by atoms with Crippen molar-refractivity contribution < 1.29 is 4.79 Å². The Balaban J connectivity index is 1.90. The van der Waals surface area contributed by atoms with Gasteiger partial charge in [0.2, 0.25) is 5.91 Å². The van der Waals surface area contributed by atoms with Crippen molar-refractivity contribution in [1.29, 1.82) is 0 Å². The number of hydrogen-bond donors (Lipinski definition) is 2. The first-order valence-electron chi connectivity index (χ1n) is 7.60. The van der Waals surface area contributed by atoms with Crippen LogP contribution in [0, 0.1) is 11.3 Å². The molecule has 3 nitrogen and oxygen atoms in total. The highest BCUT2D eigenvalue weighted by Crippen LogP contribution is 2.37. The van der Waals surface area contributed by atoms with E-state index in [9.17, 15) is 4.79 Å². The van der Waals surface area contributed by atoms with E-state index in [1.54, 1.807) is 0 Å². The molecule has 0 radical (unpaired) electrons. The Kier molecular flexibility index (Phi) is 4.31. The third-order valence-corrected chi connectivity index (χ3v) is 5.26. The van der Waals surface area contributed by atoms with Crippen LogP contribution in [-0.4, -0.2) is 18.0 Å². The second kappa shape index (κ2) is 5.60. The number of rotatable bonds is 3. The van der Waals surface area contributed by atoms with Crippen LogP contribution in [0.1, 0.15) is 65.2 Å². The molecule has 3 N–H and O–H groups in total. The fourth-order valence-corrected chi connectivity index (χ4v) is 3.60. The maximum atomic E-state index is 12.4. The molecule has 104 valence electrons. The molecule has 0 heterocycles. The lowest BCUT2D eigenvalue weighted by atomic mass is 9.81. The summed E-state index contributed by atoms with van der Waals surface area (Å²) in [5.41, 5.74) is 5.78. The molecule has 0 bridgehead atoms. The van der Waals surface area contributed by atoms with E-state index in [1.165, 1.54) is 32.1 Å². The first kappa shape index (κ1) is 13.9. The van der Waals surface area contributed by atoms with E-state index in [4.69, 9.17) is 5.73 Å². The van der Waals surface area contributed by atoms with Gasteiger partial charge in [-0.05, 0) is 45.4 Å². The van der Waals surface area contributed by atoms with Gasteiger partial charge in [-0.25, -0.2) is 0 Å². The van der Waals surface area contributed by atoms with Crippen molar-refractivity contribution in [3.05, 3.63) is 0 Å². The molecule has 3 heteroatoms. The van der Waals surface area contributed by atoms with Crippen LogP contribution >= 0.6 is 0 Å². The standard InChI is InChI=1S/C15H28N2O/c1-11(12-7-4-3-5-8-12)17-14(18)15(2)10-6-9-13(15)16/h11-13H,3-10,16H2,1-2H3,(H,17,18). The molecule has 0 saturated heterocycles. The maximum Gasteiger partial charge on any atom is 0.227 e. The molecule has 0 aromatic heterocycles. The summed E-state index contributed by atoms with van der Waals surface area (Å²) in [5.74, 6) is 0.856. The predicted molar refractivity (Wildman–Crippen MR) is 74.1 cm³/mol. The summed E-state index contributed by atoms with van der Waals surface area (Å²) in [4.78, 5) is 12.4. The van der Waals surface area contributed by atoms with Crippen molar-refractivity contribution in [3.63, 3.8) is 0 Å². The first-order chi connectivity index (χ1) is 8.54. The van der Waals surface area contributed by atoms with Crippen molar-refractivity contribution in [1.82, 2.24) is 5.32 Å². The summed E-state index contributed by atoms with van der Waals surface area (Å²) in [7, 11) is 0. The normalized spacial score (nSPS) is 35.4. The molecule has 0 spiro atoms. The topological polar surface area (TPSA) is 55.1 Å². The highest BCUT2D eigenvalue weighted by molar-refractivity contribution is 5.83. The van der Waals surface area contributed by atoms with Crippen LogP contribution in [0.15, 0.2) is 0 Å². The van der Waals surface area contributed by atoms with Gasteiger partial charge >= 0.3 is 0 Å². The Bertz CT molecular complexity index is 299. The van der Waals surface area contributed by atoms with Gasteiger partial charge in [0.15, 0.2) is 0 Å². The minimum absolute atomic E-state index is 0.0380. The number of hydrogen-bond acceptors (Lipinski definition) is 2. The van der Waals surface area contributed by atoms with E-state index in [0.717, 1.165) is 19.3 Å². The molecule has 0 aromatic rings. The van der Waals surface area contributed by atoms with Gasteiger partial charge in [-0.1, -0.05) is 25.7 Å². The summed E-state index contributed by atoms with van der Waals surface area (Å²) in [6.45, 7) is 4.20. The molecule has 1 amide bonds. The molecule has 2 fully saturated rings. The molecule has 2 rings (SSSR count). The van der Waals surface area contributed by atoms with E-state index in [-0.39, 0.29) is 17.4 Å². The summed E-state index contributed by atoms with van der Waals surface area (Å²) in [5, 5.41) is 3.24. The van der Waals surface area contributed by atoms with Gasteiger partial charge in [-0.15, -0.1) is 0 Å². The van der Waals surface area contributed by atoms with Gasteiger partial charge in [-0.3, -0.25) is 4.79 Å². The summed E-state index contributed by atoms with van der Waals surface area (Å²) >= 11 is 0. The average molecular weight is 252 g/mol. The van der Waals surface area contributed by atoms with Crippen LogP contribution in [0.5, 0.6) is 0 Å². The maximum absolute atomic E-state index is 12.4. The smallest absolute Gasteiger partial charge is 0.227 e. The van der Waals surface area contributed by atoms with Crippen LogP contribution in [0.3, 0.4) is 0 Å². The largest absolute Gasteiger partial charge is 0.353 e. The van der Waals surface area contributed by atoms with Crippen LogP contribution in [0.4, 0.5) is 0 Å². The molecule has 2 saturated carbocycles. The molecular formula is C15H28N2O. The predicted octanol–water partition coefficient (Wildman–Crippen LogP) is 2.59. The van der Waals surface area contributed by atoms with Gasteiger partial charge in [0.1, 0.15) is 0 Å². The Morgan fingerprint density at radius 2 is 1.89 bits per heavy atom. The second-order valence-corrected chi connectivity index (χ2v) is 6.58. The minimum Gasteiger partial charge on any atom is -0.353 e. The molecule has 2 aliphatic carbocycles. The molecule has 3 atom stereocenters. The molecule has 0 aromatic carbocycles. The van der Waals surface area contributed by atoms with Crippen molar-refractivity contribution >= 4 is 5.91 Å². The molecular weight excluding hydrogens is 224 g/mol. The fourth-order valence-electron chi connectivity index (χ4n) is 3.60. The van der Waals surface area contributed by atoms with Gasteiger partial charge in [0.25, 0.3) is 0 Å². The Morgan fingerprint density at radius 3 is 2.44 bits per heavy atom. The van der Waals surface area contributed by atoms with E-state index >= 15 is 0 Å². The average Bonchev–Trinajstić information content (AvgIpc) is 2.72. The lowest BCUT2D eigenvalue weighted by Crippen LogP contribution is -2.51. The van der Waals surface area contributed by atoms with Crippen LogP contribution in [0.2, 0.25) is 0 Å². The summed E-state index contributed by atoms with van der Waals surface area (Å²) in [6, 6.07) is 0.346. The van der Waals surface area contributed by atoms with Crippen molar-refractivity contribution in [2.45, 2.75) is 77.3 Å². The Morgan fingerprint density at radius 1 is 1.22 bits per heavy atom.